The van der Waals surface area contributed by atoms with Crippen LogP contribution in [0.5, 0.6) is 0 Å². The van der Waals surface area contributed by atoms with E-state index in [-0.39, 0.29) is 0 Å². The van der Waals surface area contributed by atoms with Gasteiger partial charge in [0.15, 0.2) is 0 Å². The normalized spacial score (nSPS) is 28.0. The first-order valence-electron chi connectivity index (χ1n) is 3.57. The van der Waals surface area contributed by atoms with Crippen LogP contribution in [0.4, 0.5) is 0 Å². The van der Waals surface area contributed by atoms with Gasteiger partial charge in [0.1, 0.15) is 0 Å². The molecule has 0 nitrogen and oxygen atoms in total. The van der Waals surface area contributed by atoms with Crippen molar-refractivity contribution in [3.8, 4) is 0 Å². The smallest absolute Gasteiger partial charge is 0.0191 e. The lowest BCUT2D eigenvalue weighted by Gasteiger charge is -2.19. The molecular weight excluding hydrogens is 108 g/mol. The first-order valence-corrected chi connectivity index (χ1v) is 3.57. The van der Waals surface area contributed by atoms with E-state index in [1.54, 1.807) is 0 Å². The van der Waals surface area contributed by atoms with E-state index in [4.69, 9.17) is 0 Å². The molecule has 0 amide bonds. The van der Waals surface area contributed by atoms with Gasteiger partial charge >= 0.3 is 0 Å². The van der Waals surface area contributed by atoms with Gasteiger partial charge in [-0.1, -0.05) is 25.2 Å². The van der Waals surface area contributed by atoms with E-state index in [0.717, 1.165) is 5.92 Å². The number of hydrogen-bond donors (Lipinski definition) is 0. The zero-order valence-corrected chi connectivity index (χ0v) is 6.28. The molecule has 0 spiro atoms. The van der Waals surface area contributed by atoms with Crippen molar-refractivity contribution in [3.63, 3.8) is 0 Å². The number of hydrogen-bond acceptors (Lipinski definition) is 0. The molecule has 0 N–H and O–H groups in total. The summed E-state index contributed by atoms with van der Waals surface area (Å²) in [5.41, 5.74) is 2.73. The molecule has 0 fully saturated rings. The lowest BCUT2D eigenvalue weighted by atomic mass is 9.87. The molecule has 1 aliphatic carbocycles. The topological polar surface area (TPSA) is 0 Å². The van der Waals surface area contributed by atoms with Gasteiger partial charge in [-0.2, -0.15) is 0 Å². The van der Waals surface area contributed by atoms with Crippen LogP contribution >= 0.6 is 0 Å². The molecule has 1 atom stereocenters. The molecular formula is C9H14. The highest BCUT2D eigenvalue weighted by Gasteiger charge is 2.11. The molecule has 0 aromatic rings. The van der Waals surface area contributed by atoms with Gasteiger partial charge in [0, 0.05) is 0 Å². The first kappa shape index (κ1) is 6.60. The van der Waals surface area contributed by atoms with Crippen molar-refractivity contribution in [2.24, 2.45) is 5.92 Å². The van der Waals surface area contributed by atoms with Crippen LogP contribution in [0, 0.1) is 5.92 Å². The van der Waals surface area contributed by atoms with Gasteiger partial charge in [-0.15, -0.1) is 0 Å². The van der Waals surface area contributed by atoms with Crippen LogP contribution in [0.2, 0.25) is 0 Å². The minimum absolute atomic E-state index is 0.718. The number of allylic oxidation sites excluding steroid dienone is 3. The standard InChI is InChI=1S/C9H14/c1-7-5-4-6-8(2)9(7)3/h5,8H,3-4,6H2,1-2H3/t8-/m0/s1. The Morgan fingerprint density at radius 1 is 1.67 bits per heavy atom. The van der Waals surface area contributed by atoms with Crippen molar-refractivity contribution in [1.29, 1.82) is 0 Å². The second kappa shape index (κ2) is 2.38. The first-order chi connectivity index (χ1) is 4.22. The summed E-state index contributed by atoms with van der Waals surface area (Å²) in [6.45, 7) is 8.41. The highest BCUT2D eigenvalue weighted by Crippen LogP contribution is 2.27. The van der Waals surface area contributed by atoms with Crippen LogP contribution < -0.4 is 0 Å². The average molecular weight is 122 g/mol. The summed E-state index contributed by atoms with van der Waals surface area (Å²) >= 11 is 0. The molecule has 50 valence electrons. The molecule has 0 saturated heterocycles. The molecule has 0 unspecified atom stereocenters. The Kier molecular flexibility index (Phi) is 1.75. The Morgan fingerprint density at radius 3 is 2.78 bits per heavy atom. The van der Waals surface area contributed by atoms with E-state index < -0.39 is 0 Å². The summed E-state index contributed by atoms with van der Waals surface area (Å²) in [4.78, 5) is 0. The van der Waals surface area contributed by atoms with Gasteiger partial charge in [0.05, 0.1) is 0 Å². The van der Waals surface area contributed by atoms with Crippen molar-refractivity contribution in [2.45, 2.75) is 26.7 Å². The van der Waals surface area contributed by atoms with E-state index in [1.807, 2.05) is 0 Å². The molecule has 0 aromatic carbocycles. The molecule has 0 heterocycles. The van der Waals surface area contributed by atoms with E-state index in [2.05, 4.69) is 26.5 Å². The molecule has 0 aromatic heterocycles. The van der Waals surface area contributed by atoms with Crippen molar-refractivity contribution in [3.05, 3.63) is 23.8 Å². The molecule has 0 heteroatoms. The monoisotopic (exact) mass is 122 g/mol. The second-order valence-corrected chi connectivity index (χ2v) is 2.89. The van der Waals surface area contributed by atoms with E-state index in [1.165, 1.54) is 24.0 Å². The van der Waals surface area contributed by atoms with Crippen molar-refractivity contribution >= 4 is 0 Å². The maximum Gasteiger partial charge on any atom is -0.0191 e. The van der Waals surface area contributed by atoms with Crippen LogP contribution in [0.1, 0.15) is 26.7 Å². The Morgan fingerprint density at radius 2 is 2.33 bits per heavy atom. The summed E-state index contributed by atoms with van der Waals surface area (Å²) in [7, 11) is 0. The highest BCUT2D eigenvalue weighted by atomic mass is 14.2. The molecule has 9 heavy (non-hydrogen) atoms. The van der Waals surface area contributed by atoms with Gasteiger partial charge in [-0.05, 0) is 31.3 Å². The second-order valence-electron chi connectivity index (χ2n) is 2.89. The fraction of sp³-hybridized carbons (Fsp3) is 0.556. The molecule has 0 saturated carbocycles. The Balaban J connectivity index is 2.74. The largest absolute Gasteiger partial charge is 0.0953 e. The zero-order chi connectivity index (χ0) is 6.85. The third-order valence-electron chi connectivity index (χ3n) is 2.15. The minimum atomic E-state index is 0.718. The molecule has 0 bridgehead atoms. The average Bonchev–Trinajstić information content (AvgIpc) is 1.83. The third-order valence-corrected chi connectivity index (χ3v) is 2.15. The third kappa shape index (κ3) is 1.24. The quantitative estimate of drug-likeness (QED) is 0.463. The van der Waals surface area contributed by atoms with Crippen LogP contribution in [0.25, 0.3) is 0 Å². The molecule has 0 aliphatic heterocycles. The summed E-state index contributed by atoms with van der Waals surface area (Å²) in [6.07, 6.45) is 4.81. The van der Waals surface area contributed by atoms with Gasteiger partial charge < -0.3 is 0 Å². The molecule has 1 aliphatic rings. The Labute approximate surface area is 57.3 Å². The number of rotatable bonds is 0. The van der Waals surface area contributed by atoms with E-state index in [9.17, 15) is 0 Å². The molecule has 0 radical (unpaired) electrons. The van der Waals surface area contributed by atoms with Crippen LogP contribution in [-0.2, 0) is 0 Å². The summed E-state index contributed by atoms with van der Waals surface area (Å²) < 4.78 is 0. The fourth-order valence-corrected chi connectivity index (χ4v) is 1.24. The van der Waals surface area contributed by atoms with Gasteiger partial charge in [0.25, 0.3) is 0 Å². The molecule has 1 rings (SSSR count). The van der Waals surface area contributed by atoms with Crippen LogP contribution in [-0.4, -0.2) is 0 Å². The van der Waals surface area contributed by atoms with Crippen LogP contribution in [0.15, 0.2) is 23.8 Å². The Bertz CT molecular complexity index is 151. The van der Waals surface area contributed by atoms with Crippen molar-refractivity contribution < 1.29 is 0 Å². The minimum Gasteiger partial charge on any atom is -0.0953 e. The van der Waals surface area contributed by atoms with Crippen LogP contribution in [0.3, 0.4) is 0 Å². The highest BCUT2D eigenvalue weighted by molar-refractivity contribution is 5.30. The predicted octanol–water partition coefficient (Wildman–Crippen LogP) is 2.92. The fourth-order valence-electron chi connectivity index (χ4n) is 1.24. The van der Waals surface area contributed by atoms with Gasteiger partial charge in [-0.25, -0.2) is 0 Å². The summed E-state index contributed by atoms with van der Waals surface area (Å²) in [5.74, 6) is 0.718. The Hall–Kier alpha value is -0.520. The predicted molar refractivity (Wildman–Crippen MR) is 41.3 cm³/mol. The van der Waals surface area contributed by atoms with Crippen molar-refractivity contribution in [1.82, 2.24) is 0 Å². The summed E-state index contributed by atoms with van der Waals surface area (Å²) in [6, 6.07) is 0. The van der Waals surface area contributed by atoms with E-state index in [0.29, 0.717) is 0 Å². The lowest BCUT2D eigenvalue weighted by molar-refractivity contribution is 0.608. The van der Waals surface area contributed by atoms with Gasteiger partial charge in [0.2, 0.25) is 0 Å². The SMILES string of the molecule is C=C1C(C)=CCC[C@@H]1C. The maximum absolute atomic E-state index is 4.01. The van der Waals surface area contributed by atoms with Crippen molar-refractivity contribution in [2.75, 3.05) is 0 Å². The van der Waals surface area contributed by atoms with E-state index >= 15 is 0 Å². The lowest BCUT2D eigenvalue weighted by Crippen LogP contribution is -2.03. The maximum atomic E-state index is 4.01. The van der Waals surface area contributed by atoms with Gasteiger partial charge in [-0.3, -0.25) is 0 Å². The summed E-state index contributed by atoms with van der Waals surface area (Å²) in [5, 5.41) is 0. The zero-order valence-electron chi connectivity index (χ0n) is 6.28.